The van der Waals surface area contributed by atoms with Gasteiger partial charge in [0.1, 0.15) is 5.52 Å². The van der Waals surface area contributed by atoms with Crippen molar-refractivity contribution >= 4 is 21.8 Å². The highest BCUT2D eigenvalue weighted by Gasteiger charge is 2.01. The molecule has 0 unspecified atom stereocenters. The first-order valence-electron chi connectivity index (χ1n) is 8.19. The number of nitrogens with zero attached hydrogens (tertiary/aromatic N) is 2. The lowest BCUT2D eigenvalue weighted by atomic mass is 10.1. The van der Waals surface area contributed by atoms with Crippen molar-refractivity contribution in [2.45, 2.75) is 0 Å². The van der Waals surface area contributed by atoms with E-state index < -0.39 is 0 Å². The first-order chi connectivity index (χ1) is 12.4. The Labute approximate surface area is 146 Å². The highest BCUT2D eigenvalue weighted by atomic mass is 15.1. The number of rotatable bonds is 1. The molecule has 0 amide bonds. The molecule has 0 aliphatic carbocycles. The Balaban J connectivity index is 0.000000126. The third kappa shape index (κ3) is 3.26. The van der Waals surface area contributed by atoms with Crippen molar-refractivity contribution in [1.29, 1.82) is 0 Å². The Hall–Kier alpha value is -3.46. The summed E-state index contributed by atoms with van der Waals surface area (Å²) in [6, 6.07) is 28.9. The average molecular weight is 323 g/mol. The largest absolute Gasteiger partial charge is 0.276 e. The molecule has 5 aromatic rings. The minimum absolute atomic E-state index is 0.915. The van der Waals surface area contributed by atoms with Gasteiger partial charge in [0.05, 0.1) is 11.7 Å². The van der Waals surface area contributed by atoms with Crippen LogP contribution in [0.5, 0.6) is 0 Å². The second kappa shape index (κ2) is 6.97. The van der Waals surface area contributed by atoms with Crippen LogP contribution in [-0.2, 0) is 0 Å². The summed E-state index contributed by atoms with van der Waals surface area (Å²) in [5, 5.41) is 9.22. The Kier molecular flexibility index (Phi) is 4.21. The average Bonchev–Trinajstić information content (AvgIpc) is 3.19. The van der Waals surface area contributed by atoms with Crippen molar-refractivity contribution in [3.8, 4) is 11.1 Å². The molecule has 3 nitrogen and oxygen atoms in total. The molecule has 0 saturated carbocycles. The molecule has 0 bridgehead atoms. The lowest BCUT2D eigenvalue weighted by Crippen LogP contribution is -1.78. The summed E-state index contributed by atoms with van der Waals surface area (Å²) in [6.45, 7) is 0. The number of aromatic nitrogens is 3. The monoisotopic (exact) mass is 323 g/mol. The van der Waals surface area contributed by atoms with E-state index in [9.17, 15) is 0 Å². The Morgan fingerprint density at radius 3 is 1.88 bits per heavy atom. The summed E-state index contributed by atoms with van der Waals surface area (Å²) < 4.78 is 0. The fourth-order valence-corrected chi connectivity index (χ4v) is 2.81. The third-order valence-electron chi connectivity index (χ3n) is 4.07. The summed E-state index contributed by atoms with van der Waals surface area (Å²) in [5.41, 5.74) is 4.48. The smallest absolute Gasteiger partial charge is 0.109 e. The molecule has 0 aliphatic rings. The van der Waals surface area contributed by atoms with Crippen LogP contribution < -0.4 is 0 Å². The van der Waals surface area contributed by atoms with E-state index in [0.29, 0.717) is 0 Å². The Bertz CT molecular complexity index is 1050. The number of hydrogen-bond acceptors (Lipinski definition) is 2. The van der Waals surface area contributed by atoms with Gasteiger partial charge in [0, 0.05) is 17.0 Å². The predicted octanol–water partition coefficient (Wildman–Crippen LogP) is 5.46. The zero-order chi connectivity index (χ0) is 16.9. The topological polar surface area (TPSA) is 41.6 Å². The van der Waals surface area contributed by atoms with Crippen molar-refractivity contribution < 1.29 is 0 Å². The maximum Gasteiger partial charge on any atom is 0.109 e. The highest BCUT2D eigenvalue weighted by Crippen LogP contribution is 2.20. The summed E-state index contributed by atoms with van der Waals surface area (Å²) in [6.07, 6.45) is 3.61. The van der Waals surface area contributed by atoms with Crippen LogP contribution in [0.4, 0.5) is 0 Å². The molecule has 3 aromatic carbocycles. The van der Waals surface area contributed by atoms with Gasteiger partial charge in [-0.25, -0.2) is 0 Å². The van der Waals surface area contributed by atoms with Gasteiger partial charge < -0.3 is 0 Å². The van der Waals surface area contributed by atoms with Crippen LogP contribution in [0.2, 0.25) is 0 Å². The van der Waals surface area contributed by atoms with Gasteiger partial charge in [-0.1, -0.05) is 84.9 Å². The predicted molar refractivity (Wildman–Crippen MR) is 103 cm³/mol. The molecule has 0 atom stereocenters. The van der Waals surface area contributed by atoms with Gasteiger partial charge >= 0.3 is 0 Å². The molecule has 0 aliphatic heterocycles. The first-order valence-corrected chi connectivity index (χ1v) is 8.19. The second-order valence-corrected chi connectivity index (χ2v) is 5.71. The van der Waals surface area contributed by atoms with Gasteiger partial charge in [0.15, 0.2) is 0 Å². The van der Waals surface area contributed by atoms with Gasteiger partial charge in [-0.2, -0.15) is 5.10 Å². The van der Waals surface area contributed by atoms with Crippen molar-refractivity contribution in [2.24, 2.45) is 0 Å². The van der Waals surface area contributed by atoms with Crippen LogP contribution >= 0.6 is 0 Å². The molecule has 0 saturated heterocycles. The van der Waals surface area contributed by atoms with Crippen molar-refractivity contribution in [2.75, 3.05) is 0 Å². The second-order valence-electron chi connectivity index (χ2n) is 5.71. The summed E-state index contributed by atoms with van der Waals surface area (Å²) in [4.78, 5) is 4.28. The molecule has 5 rings (SSSR count). The maximum absolute atomic E-state index is 4.28. The van der Waals surface area contributed by atoms with E-state index in [-0.39, 0.29) is 0 Å². The number of benzene rings is 3. The third-order valence-corrected chi connectivity index (χ3v) is 4.07. The van der Waals surface area contributed by atoms with Crippen molar-refractivity contribution in [3.63, 3.8) is 0 Å². The maximum atomic E-state index is 4.28. The number of pyridine rings is 1. The van der Waals surface area contributed by atoms with E-state index in [1.54, 1.807) is 6.20 Å². The molecule has 1 N–H and O–H groups in total. The van der Waals surface area contributed by atoms with Gasteiger partial charge in [-0.05, 0) is 11.1 Å². The molecule has 120 valence electrons. The van der Waals surface area contributed by atoms with Crippen LogP contribution in [0.15, 0.2) is 97.3 Å². The SMILES string of the molecule is c1ccc(-c2ccccc2)cc1.c1ccc2c(c1)cnc1cn[nH]c12. The molecule has 2 aromatic heterocycles. The van der Waals surface area contributed by atoms with Gasteiger partial charge in [0.25, 0.3) is 0 Å². The van der Waals surface area contributed by atoms with E-state index in [4.69, 9.17) is 0 Å². The highest BCUT2D eigenvalue weighted by molar-refractivity contribution is 6.02. The van der Waals surface area contributed by atoms with Gasteiger partial charge in [-0.15, -0.1) is 0 Å². The zero-order valence-electron chi connectivity index (χ0n) is 13.6. The van der Waals surface area contributed by atoms with E-state index >= 15 is 0 Å². The normalized spacial score (nSPS) is 10.4. The fourth-order valence-electron chi connectivity index (χ4n) is 2.81. The lowest BCUT2D eigenvalue weighted by molar-refractivity contribution is 1.12. The van der Waals surface area contributed by atoms with E-state index in [0.717, 1.165) is 16.4 Å². The van der Waals surface area contributed by atoms with Crippen LogP contribution in [0, 0.1) is 0 Å². The van der Waals surface area contributed by atoms with Crippen LogP contribution in [0.3, 0.4) is 0 Å². The Morgan fingerprint density at radius 1 is 0.600 bits per heavy atom. The first kappa shape index (κ1) is 15.1. The molecule has 25 heavy (non-hydrogen) atoms. The molecule has 3 heteroatoms. The molecule has 0 radical (unpaired) electrons. The van der Waals surface area contributed by atoms with Crippen molar-refractivity contribution in [1.82, 2.24) is 15.2 Å². The summed E-state index contributed by atoms with van der Waals surface area (Å²) in [5.74, 6) is 0. The Morgan fingerprint density at radius 2 is 1.20 bits per heavy atom. The zero-order valence-corrected chi connectivity index (χ0v) is 13.6. The number of nitrogens with one attached hydrogen (secondary N) is 1. The molecular formula is C22H17N3. The molecule has 0 spiro atoms. The summed E-state index contributed by atoms with van der Waals surface area (Å²) in [7, 11) is 0. The van der Waals surface area contributed by atoms with Crippen LogP contribution in [0.25, 0.3) is 32.9 Å². The van der Waals surface area contributed by atoms with Crippen LogP contribution in [0.1, 0.15) is 0 Å². The minimum Gasteiger partial charge on any atom is -0.276 e. The number of fused-ring (bicyclic) bond motifs is 3. The van der Waals surface area contributed by atoms with E-state index in [1.807, 2.05) is 36.5 Å². The number of hydrogen-bond donors (Lipinski definition) is 1. The van der Waals surface area contributed by atoms with E-state index in [1.165, 1.54) is 16.5 Å². The minimum atomic E-state index is 0.915. The van der Waals surface area contributed by atoms with Crippen LogP contribution in [-0.4, -0.2) is 15.2 Å². The van der Waals surface area contributed by atoms with Gasteiger partial charge in [-0.3, -0.25) is 10.1 Å². The molecule has 0 fully saturated rings. The standard InChI is InChI=1S/C12H10.C10H7N3/c1-3-7-11(8-4-1)12-9-5-2-6-10-12;1-2-4-8-7(3-1)5-11-9-6-12-13-10(8)9/h1-10H;1-6H,(H,12,13). The molecular weight excluding hydrogens is 306 g/mol. The quantitative estimate of drug-likeness (QED) is 0.445. The number of aromatic amines is 1. The molecule has 2 heterocycles. The summed E-state index contributed by atoms with van der Waals surface area (Å²) >= 11 is 0. The van der Waals surface area contributed by atoms with Crippen molar-refractivity contribution in [3.05, 3.63) is 97.3 Å². The van der Waals surface area contributed by atoms with Gasteiger partial charge in [0.2, 0.25) is 0 Å². The van der Waals surface area contributed by atoms with E-state index in [2.05, 4.69) is 69.8 Å². The number of H-pyrrole nitrogens is 1. The lowest BCUT2D eigenvalue weighted by Gasteiger charge is -1.98. The fraction of sp³-hybridized carbons (Fsp3) is 0.